The molecule has 0 radical (unpaired) electrons. The summed E-state index contributed by atoms with van der Waals surface area (Å²) in [5, 5.41) is 2.60. The van der Waals surface area contributed by atoms with Crippen molar-refractivity contribution in [3.05, 3.63) is 29.8 Å². The SMILES string of the molecule is CCCOc1cccc(C(=O)NC(C)C(=O)OCC)c1. The lowest BCUT2D eigenvalue weighted by molar-refractivity contribution is -0.144. The van der Waals surface area contributed by atoms with Gasteiger partial charge >= 0.3 is 5.97 Å². The van der Waals surface area contributed by atoms with Gasteiger partial charge in [0.2, 0.25) is 0 Å². The molecule has 0 heterocycles. The molecule has 0 saturated carbocycles. The summed E-state index contributed by atoms with van der Waals surface area (Å²) in [6, 6.07) is 6.19. The van der Waals surface area contributed by atoms with E-state index < -0.39 is 12.0 Å². The number of hydrogen-bond acceptors (Lipinski definition) is 4. The summed E-state index contributed by atoms with van der Waals surface area (Å²) in [5.41, 5.74) is 0.453. The summed E-state index contributed by atoms with van der Waals surface area (Å²) >= 11 is 0. The van der Waals surface area contributed by atoms with E-state index in [-0.39, 0.29) is 5.91 Å². The zero-order valence-electron chi connectivity index (χ0n) is 12.1. The summed E-state index contributed by atoms with van der Waals surface area (Å²) in [6.45, 7) is 6.22. The lowest BCUT2D eigenvalue weighted by atomic mass is 10.2. The third kappa shape index (κ3) is 4.91. The summed E-state index contributed by atoms with van der Waals surface area (Å²) in [7, 11) is 0. The monoisotopic (exact) mass is 279 g/mol. The maximum Gasteiger partial charge on any atom is 0.328 e. The molecule has 1 N–H and O–H groups in total. The van der Waals surface area contributed by atoms with Crippen molar-refractivity contribution in [2.45, 2.75) is 33.2 Å². The van der Waals surface area contributed by atoms with Gasteiger partial charge in [0.25, 0.3) is 5.91 Å². The van der Waals surface area contributed by atoms with Crippen molar-refractivity contribution in [1.29, 1.82) is 0 Å². The Morgan fingerprint density at radius 1 is 1.30 bits per heavy atom. The van der Waals surface area contributed by atoms with E-state index in [1.165, 1.54) is 0 Å². The lowest BCUT2D eigenvalue weighted by Gasteiger charge is -2.13. The van der Waals surface area contributed by atoms with E-state index in [1.54, 1.807) is 38.1 Å². The van der Waals surface area contributed by atoms with Crippen LogP contribution in [0.25, 0.3) is 0 Å². The van der Waals surface area contributed by atoms with Crippen molar-refractivity contribution in [3.63, 3.8) is 0 Å². The number of rotatable bonds is 7. The number of hydrogen-bond donors (Lipinski definition) is 1. The number of nitrogens with one attached hydrogen (secondary N) is 1. The maximum atomic E-state index is 12.0. The highest BCUT2D eigenvalue weighted by atomic mass is 16.5. The summed E-state index contributed by atoms with van der Waals surface area (Å²) in [6.07, 6.45) is 0.899. The van der Waals surface area contributed by atoms with Gasteiger partial charge in [0, 0.05) is 5.56 Å². The van der Waals surface area contributed by atoms with Crippen LogP contribution in [0.15, 0.2) is 24.3 Å². The molecule has 20 heavy (non-hydrogen) atoms. The molecule has 0 aromatic heterocycles. The fourth-order valence-corrected chi connectivity index (χ4v) is 1.55. The van der Waals surface area contributed by atoms with Gasteiger partial charge in [-0.05, 0) is 38.5 Å². The molecule has 0 aliphatic rings. The minimum atomic E-state index is -0.678. The maximum absolute atomic E-state index is 12.0. The van der Waals surface area contributed by atoms with Gasteiger partial charge < -0.3 is 14.8 Å². The smallest absolute Gasteiger partial charge is 0.328 e. The van der Waals surface area contributed by atoms with Crippen molar-refractivity contribution in [2.75, 3.05) is 13.2 Å². The minimum absolute atomic E-state index is 0.291. The molecule has 0 saturated heterocycles. The van der Waals surface area contributed by atoms with Crippen LogP contribution in [0, 0.1) is 0 Å². The zero-order valence-corrected chi connectivity index (χ0v) is 12.1. The molecule has 0 aliphatic carbocycles. The molecule has 110 valence electrons. The van der Waals surface area contributed by atoms with Crippen LogP contribution in [0.5, 0.6) is 5.75 Å². The molecule has 5 heteroatoms. The van der Waals surface area contributed by atoms with Crippen LogP contribution in [0.3, 0.4) is 0 Å². The van der Waals surface area contributed by atoms with Gasteiger partial charge in [-0.1, -0.05) is 13.0 Å². The quantitative estimate of drug-likeness (QED) is 0.777. The zero-order chi connectivity index (χ0) is 15.0. The fourth-order valence-electron chi connectivity index (χ4n) is 1.55. The topological polar surface area (TPSA) is 64.6 Å². The Labute approximate surface area is 119 Å². The number of carbonyl (C=O) groups is 2. The Morgan fingerprint density at radius 2 is 2.05 bits per heavy atom. The molecule has 0 aliphatic heterocycles. The number of carbonyl (C=O) groups excluding carboxylic acids is 2. The average Bonchev–Trinajstić information content (AvgIpc) is 2.45. The average molecular weight is 279 g/mol. The van der Waals surface area contributed by atoms with Gasteiger partial charge in [-0.15, -0.1) is 0 Å². The number of benzene rings is 1. The van der Waals surface area contributed by atoms with Crippen LogP contribution < -0.4 is 10.1 Å². The number of esters is 1. The third-order valence-electron chi connectivity index (χ3n) is 2.56. The third-order valence-corrected chi connectivity index (χ3v) is 2.56. The first-order chi connectivity index (χ1) is 9.58. The van der Waals surface area contributed by atoms with E-state index in [4.69, 9.17) is 9.47 Å². The normalized spacial score (nSPS) is 11.6. The minimum Gasteiger partial charge on any atom is -0.494 e. The number of amides is 1. The second-order valence-corrected chi connectivity index (χ2v) is 4.32. The predicted molar refractivity (Wildman–Crippen MR) is 75.8 cm³/mol. The molecule has 1 rings (SSSR count). The van der Waals surface area contributed by atoms with Crippen molar-refractivity contribution in [1.82, 2.24) is 5.32 Å². The Bertz CT molecular complexity index is 459. The van der Waals surface area contributed by atoms with Crippen LogP contribution >= 0.6 is 0 Å². The molecular formula is C15H21NO4. The van der Waals surface area contributed by atoms with Crippen LogP contribution in [0.2, 0.25) is 0 Å². The highest BCUT2D eigenvalue weighted by Crippen LogP contribution is 2.13. The standard InChI is InChI=1S/C15H21NO4/c1-4-9-20-13-8-6-7-12(10-13)14(17)16-11(3)15(18)19-5-2/h6-8,10-11H,4-5,9H2,1-3H3,(H,16,17). The molecule has 5 nitrogen and oxygen atoms in total. The van der Waals surface area contributed by atoms with Gasteiger partial charge in [-0.2, -0.15) is 0 Å². The highest BCUT2D eigenvalue weighted by molar-refractivity contribution is 5.97. The number of ether oxygens (including phenoxy) is 2. The molecule has 1 atom stereocenters. The summed E-state index contributed by atoms with van der Waals surface area (Å²) in [4.78, 5) is 23.5. The second-order valence-electron chi connectivity index (χ2n) is 4.32. The van der Waals surface area contributed by atoms with Gasteiger partial charge in [-0.25, -0.2) is 4.79 Å². The van der Waals surface area contributed by atoms with E-state index in [0.717, 1.165) is 6.42 Å². The second kappa shape index (κ2) is 8.19. The Morgan fingerprint density at radius 3 is 2.70 bits per heavy atom. The van der Waals surface area contributed by atoms with Crippen molar-refractivity contribution >= 4 is 11.9 Å². The molecule has 0 fully saturated rings. The molecule has 1 aromatic carbocycles. The fraction of sp³-hybridized carbons (Fsp3) is 0.467. The van der Waals surface area contributed by atoms with Gasteiger partial charge in [-0.3, -0.25) is 4.79 Å². The van der Waals surface area contributed by atoms with Gasteiger partial charge in [0.05, 0.1) is 13.2 Å². The lowest BCUT2D eigenvalue weighted by Crippen LogP contribution is -2.39. The molecule has 0 spiro atoms. The van der Waals surface area contributed by atoms with Crippen LogP contribution in [0.1, 0.15) is 37.6 Å². The summed E-state index contributed by atoms with van der Waals surface area (Å²) < 4.78 is 10.3. The Balaban J connectivity index is 2.65. The van der Waals surface area contributed by atoms with Crippen molar-refractivity contribution < 1.29 is 19.1 Å². The largest absolute Gasteiger partial charge is 0.494 e. The van der Waals surface area contributed by atoms with E-state index in [2.05, 4.69) is 5.32 Å². The molecular weight excluding hydrogens is 258 g/mol. The van der Waals surface area contributed by atoms with Crippen LogP contribution in [-0.2, 0) is 9.53 Å². The molecule has 0 bridgehead atoms. The molecule has 1 amide bonds. The van der Waals surface area contributed by atoms with E-state index in [9.17, 15) is 9.59 Å². The summed E-state index contributed by atoms with van der Waals surface area (Å²) in [5.74, 6) is -0.130. The van der Waals surface area contributed by atoms with Crippen LogP contribution in [0.4, 0.5) is 0 Å². The van der Waals surface area contributed by atoms with Crippen LogP contribution in [-0.4, -0.2) is 31.1 Å². The van der Waals surface area contributed by atoms with Crippen molar-refractivity contribution in [2.24, 2.45) is 0 Å². The Hall–Kier alpha value is -2.04. The van der Waals surface area contributed by atoms with E-state index in [0.29, 0.717) is 24.5 Å². The molecule has 1 unspecified atom stereocenters. The van der Waals surface area contributed by atoms with E-state index in [1.807, 2.05) is 6.92 Å². The van der Waals surface area contributed by atoms with Gasteiger partial charge in [0.1, 0.15) is 11.8 Å². The highest BCUT2D eigenvalue weighted by Gasteiger charge is 2.17. The van der Waals surface area contributed by atoms with Crippen molar-refractivity contribution in [3.8, 4) is 5.75 Å². The molecule has 1 aromatic rings. The van der Waals surface area contributed by atoms with E-state index >= 15 is 0 Å². The Kier molecular flexibility index (Phi) is 6.56. The first-order valence-corrected chi connectivity index (χ1v) is 6.78. The predicted octanol–water partition coefficient (Wildman–Crippen LogP) is 2.16. The first-order valence-electron chi connectivity index (χ1n) is 6.78. The van der Waals surface area contributed by atoms with Gasteiger partial charge in [0.15, 0.2) is 0 Å². The first kappa shape index (κ1) is 16.0.